The predicted molar refractivity (Wildman–Crippen MR) is 75.4 cm³/mol. The third kappa shape index (κ3) is 3.21. The van der Waals surface area contributed by atoms with Gasteiger partial charge in [-0.05, 0) is 42.5 Å². The number of allylic oxidation sites excluding steroid dienone is 1. The van der Waals surface area contributed by atoms with Crippen LogP contribution in [0.1, 0.15) is 48.9 Å². The molecule has 0 saturated heterocycles. The lowest BCUT2D eigenvalue weighted by atomic mass is 9.97. The van der Waals surface area contributed by atoms with Gasteiger partial charge < -0.3 is 10.1 Å². The van der Waals surface area contributed by atoms with E-state index in [0.29, 0.717) is 6.04 Å². The van der Waals surface area contributed by atoms with Crippen LogP contribution in [0.2, 0.25) is 0 Å². The molecule has 0 aromatic heterocycles. The zero-order valence-electron chi connectivity index (χ0n) is 11.2. The first-order valence-electron chi connectivity index (χ1n) is 6.89. The van der Waals surface area contributed by atoms with E-state index >= 15 is 0 Å². The van der Waals surface area contributed by atoms with Crippen molar-refractivity contribution in [2.24, 2.45) is 0 Å². The summed E-state index contributed by atoms with van der Waals surface area (Å²) >= 11 is 0. The fourth-order valence-electron chi connectivity index (χ4n) is 2.51. The number of rotatable bonds is 7. The van der Waals surface area contributed by atoms with E-state index in [1.54, 1.807) is 0 Å². The van der Waals surface area contributed by atoms with E-state index in [4.69, 9.17) is 4.74 Å². The highest BCUT2D eigenvalue weighted by Gasteiger charge is 2.15. The van der Waals surface area contributed by atoms with Crippen molar-refractivity contribution in [3.63, 3.8) is 0 Å². The highest BCUT2D eigenvalue weighted by Crippen LogP contribution is 2.26. The van der Waals surface area contributed by atoms with Crippen LogP contribution in [0.15, 0.2) is 30.9 Å². The second-order valence-electron chi connectivity index (χ2n) is 4.85. The molecule has 1 N–H and O–H groups in total. The number of hydrogen-bond donors (Lipinski definition) is 1. The van der Waals surface area contributed by atoms with E-state index in [1.807, 2.05) is 6.08 Å². The van der Waals surface area contributed by atoms with E-state index in [2.05, 4.69) is 37.0 Å². The maximum absolute atomic E-state index is 5.47. The van der Waals surface area contributed by atoms with Crippen LogP contribution < -0.4 is 5.32 Å². The van der Waals surface area contributed by atoms with Crippen molar-refractivity contribution < 1.29 is 4.74 Å². The SMILES string of the molecule is C=CCCCC(NCC)c1ccc2c(c1)COC2. The molecular formula is C16H23NO. The number of unbranched alkanes of at least 4 members (excludes halogenated alkanes) is 1. The molecule has 0 bridgehead atoms. The minimum Gasteiger partial charge on any atom is -0.372 e. The van der Waals surface area contributed by atoms with E-state index in [1.165, 1.54) is 29.5 Å². The van der Waals surface area contributed by atoms with Crippen molar-refractivity contribution >= 4 is 0 Å². The van der Waals surface area contributed by atoms with Crippen molar-refractivity contribution in [1.82, 2.24) is 5.32 Å². The quantitative estimate of drug-likeness (QED) is 0.584. The number of hydrogen-bond acceptors (Lipinski definition) is 2. The lowest BCUT2D eigenvalue weighted by Gasteiger charge is -2.19. The largest absolute Gasteiger partial charge is 0.372 e. The average Bonchev–Trinajstić information content (AvgIpc) is 2.85. The first-order valence-corrected chi connectivity index (χ1v) is 6.89. The Bertz CT molecular complexity index is 400. The molecule has 1 aliphatic rings. The second kappa shape index (κ2) is 6.72. The summed E-state index contributed by atoms with van der Waals surface area (Å²) in [7, 11) is 0. The van der Waals surface area contributed by atoms with E-state index in [0.717, 1.165) is 26.2 Å². The topological polar surface area (TPSA) is 21.3 Å². The summed E-state index contributed by atoms with van der Waals surface area (Å²) in [6, 6.07) is 7.23. The summed E-state index contributed by atoms with van der Waals surface area (Å²) in [5.41, 5.74) is 4.10. The first-order chi connectivity index (χ1) is 8.85. The molecule has 0 radical (unpaired) electrons. The molecule has 0 aliphatic carbocycles. The molecule has 2 rings (SSSR count). The van der Waals surface area contributed by atoms with Gasteiger partial charge in [0.25, 0.3) is 0 Å². The molecule has 1 heterocycles. The Morgan fingerprint density at radius 2 is 2.22 bits per heavy atom. The molecule has 98 valence electrons. The van der Waals surface area contributed by atoms with Gasteiger partial charge in [-0.2, -0.15) is 0 Å². The Balaban J connectivity index is 2.06. The fraction of sp³-hybridized carbons (Fsp3) is 0.500. The fourth-order valence-corrected chi connectivity index (χ4v) is 2.51. The van der Waals surface area contributed by atoms with Gasteiger partial charge in [-0.1, -0.05) is 31.2 Å². The van der Waals surface area contributed by atoms with Gasteiger partial charge in [-0.15, -0.1) is 6.58 Å². The smallest absolute Gasteiger partial charge is 0.0725 e. The summed E-state index contributed by atoms with van der Waals surface area (Å²) < 4.78 is 5.47. The van der Waals surface area contributed by atoms with Crippen LogP contribution in [-0.2, 0) is 18.0 Å². The predicted octanol–water partition coefficient (Wildman–Crippen LogP) is 3.72. The van der Waals surface area contributed by atoms with Crippen LogP contribution >= 0.6 is 0 Å². The third-order valence-corrected chi connectivity index (χ3v) is 3.50. The lowest BCUT2D eigenvalue weighted by Crippen LogP contribution is -2.21. The Morgan fingerprint density at radius 1 is 1.39 bits per heavy atom. The monoisotopic (exact) mass is 245 g/mol. The maximum atomic E-state index is 5.47. The van der Waals surface area contributed by atoms with Gasteiger partial charge in [0.05, 0.1) is 13.2 Å². The zero-order chi connectivity index (χ0) is 12.8. The molecular weight excluding hydrogens is 222 g/mol. The number of fused-ring (bicyclic) bond motifs is 1. The average molecular weight is 245 g/mol. The molecule has 18 heavy (non-hydrogen) atoms. The van der Waals surface area contributed by atoms with Crippen LogP contribution in [-0.4, -0.2) is 6.54 Å². The van der Waals surface area contributed by atoms with Crippen molar-refractivity contribution in [3.8, 4) is 0 Å². The van der Waals surface area contributed by atoms with Crippen LogP contribution in [0, 0.1) is 0 Å². The minimum atomic E-state index is 0.459. The van der Waals surface area contributed by atoms with E-state index in [-0.39, 0.29) is 0 Å². The molecule has 1 atom stereocenters. The third-order valence-electron chi connectivity index (χ3n) is 3.50. The normalized spacial score (nSPS) is 15.4. The van der Waals surface area contributed by atoms with Crippen molar-refractivity contribution in [2.75, 3.05) is 6.54 Å². The summed E-state index contributed by atoms with van der Waals surface area (Å²) in [5.74, 6) is 0. The molecule has 2 heteroatoms. The van der Waals surface area contributed by atoms with Gasteiger partial charge in [0.1, 0.15) is 0 Å². The van der Waals surface area contributed by atoms with Gasteiger partial charge >= 0.3 is 0 Å². The molecule has 1 aromatic rings. The van der Waals surface area contributed by atoms with Gasteiger partial charge in [0.15, 0.2) is 0 Å². The number of ether oxygens (including phenoxy) is 1. The van der Waals surface area contributed by atoms with Crippen molar-refractivity contribution in [1.29, 1.82) is 0 Å². The van der Waals surface area contributed by atoms with E-state index in [9.17, 15) is 0 Å². The molecule has 0 fully saturated rings. The van der Waals surface area contributed by atoms with E-state index < -0.39 is 0 Å². The van der Waals surface area contributed by atoms with Gasteiger partial charge in [0.2, 0.25) is 0 Å². The Morgan fingerprint density at radius 3 is 3.00 bits per heavy atom. The summed E-state index contributed by atoms with van der Waals surface area (Å²) in [6.07, 6.45) is 5.45. The molecule has 0 amide bonds. The van der Waals surface area contributed by atoms with Crippen LogP contribution in [0.4, 0.5) is 0 Å². The number of nitrogens with one attached hydrogen (secondary N) is 1. The molecule has 2 nitrogen and oxygen atoms in total. The molecule has 1 aromatic carbocycles. The van der Waals surface area contributed by atoms with Crippen LogP contribution in [0.5, 0.6) is 0 Å². The number of benzene rings is 1. The van der Waals surface area contributed by atoms with Crippen molar-refractivity contribution in [2.45, 2.75) is 45.4 Å². The first kappa shape index (κ1) is 13.3. The highest BCUT2D eigenvalue weighted by molar-refractivity contribution is 5.34. The molecule has 0 saturated carbocycles. The highest BCUT2D eigenvalue weighted by atomic mass is 16.5. The zero-order valence-corrected chi connectivity index (χ0v) is 11.2. The summed E-state index contributed by atoms with van der Waals surface area (Å²) in [5, 5.41) is 3.57. The second-order valence-corrected chi connectivity index (χ2v) is 4.85. The Labute approximate surface area is 110 Å². The minimum absolute atomic E-state index is 0.459. The van der Waals surface area contributed by atoms with Gasteiger partial charge in [-0.3, -0.25) is 0 Å². The molecule has 1 unspecified atom stereocenters. The van der Waals surface area contributed by atoms with Gasteiger partial charge in [0, 0.05) is 6.04 Å². The Hall–Kier alpha value is -1.12. The van der Waals surface area contributed by atoms with Gasteiger partial charge in [-0.25, -0.2) is 0 Å². The molecule has 1 aliphatic heterocycles. The summed E-state index contributed by atoms with van der Waals surface area (Å²) in [4.78, 5) is 0. The van der Waals surface area contributed by atoms with Crippen molar-refractivity contribution in [3.05, 3.63) is 47.5 Å². The summed E-state index contributed by atoms with van der Waals surface area (Å²) in [6.45, 7) is 8.50. The van der Waals surface area contributed by atoms with Crippen LogP contribution in [0.3, 0.4) is 0 Å². The standard InChI is InChI=1S/C16H23NO/c1-3-5-6-7-16(17-4-2)13-8-9-14-11-18-12-15(14)10-13/h3,8-10,16-17H,1,4-7,11-12H2,2H3. The maximum Gasteiger partial charge on any atom is 0.0725 e. The Kier molecular flexibility index (Phi) is 4.97. The van der Waals surface area contributed by atoms with Crippen LogP contribution in [0.25, 0.3) is 0 Å². The lowest BCUT2D eigenvalue weighted by molar-refractivity contribution is 0.134. The molecule has 0 spiro atoms.